The Hall–Kier alpha value is -2.95. The maximum Gasteiger partial charge on any atom is 0.280 e. The Labute approximate surface area is 211 Å². The van der Waals surface area contributed by atoms with Crippen LogP contribution in [0.5, 0.6) is 0 Å². The van der Waals surface area contributed by atoms with Crippen molar-refractivity contribution in [2.75, 3.05) is 0 Å². The summed E-state index contributed by atoms with van der Waals surface area (Å²) in [6, 6.07) is 3.73. The third kappa shape index (κ3) is 4.91. The van der Waals surface area contributed by atoms with Crippen molar-refractivity contribution in [1.29, 1.82) is 0 Å². The minimum absolute atomic E-state index is 0.0100. The highest BCUT2D eigenvalue weighted by atomic mass is 35.5. The van der Waals surface area contributed by atoms with Crippen molar-refractivity contribution in [3.8, 4) is 11.5 Å². The number of pyridine rings is 1. The standard InChI is InChI=1S/C24H26ClN7O2S/c1-13(2)20(33)22-31-17-11-28-16(21-26-7-4-8-27-21)10-18(17)32(22)15-6-3-5-14(9-15)30-23(34)24-29-12-19(25)35-24/h4,7-8,10-15,20,33H,3,5-6,9H2,1-2H3,(H,30,34)/t14-,15+,20+/m0/s1. The normalized spacial score (nSPS) is 19.2. The molecule has 9 nitrogen and oxygen atoms in total. The molecule has 1 aliphatic rings. The molecule has 11 heteroatoms. The maximum atomic E-state index is 12.7. The molecule has 4 aromatic rings. The van der Waals surface area contributed by atoms with E-state index < -0.39 is 6.10 Å². The third-order valence-corrected chi connectivity index (χ3v) is 7.43. The van der Waals surface area contributed by atoms with Crippen LogP contribution in [0.15, 0.2) is 36.9 Å². The molecule has 0 radical (unpaired) electrons. The van der Waals surface area contributed by atoms with Crippen LogP contribution in [0.3, 0.4) is 0 Å². The molecule has 182 valence electrons. The fourth-order valence-corrected chi connectivity index (χ4v) is 5.41. The Morgan fingerprint density at radius 1 is 1.20 bits per heavy atom. The second-order valence-corrected chi connectivity index (χ2v) is 10.8. The van der Waals surface area contributed by atoms with Crippen molar-refractivity contribution in [1.82, 2.24) is 34.8 Å². The summed E-state index contributed by atoms with van der Waals surface area (Å²) in [5.74, 6) is 0.929. The van der Waals surface area contributed by atoms with Gasteiger partial charge in [-0.1, -0.05) is 36.8 Å². The molecule has 1 fully saturated rings. The summed E-state index contributed by atoms with van der Waals surface area (Å²) in [7, 11) is 0. The first-order valence-corrected chi connectivity index (χ1v) is 12.9. The molecule has 0 unspecified atom stereocenters. The summed E-state index contributed by atoms with van der Waals surface area (Å²) >= 11 is 7.12. The van der Waals surface area contributed by atoms with E-state index in [4.69, 9.17) is 16.6 Å². The van der Waals surface area contributed by atoms with Crippen LogP contribution < -0.4 is 5.32 Å². The number of imidazole rings is 1. The van der Waals surface area contributed by atoms with Crippen LogP contribution >= 0.6 is 22.9 Å². The van der Waals surface area contributed by atoms with Crippen molar-refractivity contribution in [3.63, 3.8) is 0 Å². The highest BCUT2D eigenvalue weighted by molar-refractivity contribution is 7.17. The summed E-state index contributed by atoms with van der Waals surface area (Å²) in [4.78, 5) is 34.7. The monoisotopic (exact) mass is 511 g/mol. The Bertz CT molecular complexity index is 1340. The van der Waals surface area contributed by atoms with Gasteiger partial charge in [-0.2, -0.15) is 0 Å². The number of aromatic nitrogens is 6. The number of carbonyl (C=O) groups excluding carboxylic acids is 1. The molecule has 4 aromatic heterocycles. The fourth-order valence-electron chi connectivity index (χ4n) is 4.60. The minimum atomic E-state index is -0.730. The van der Waals surface area contributed by atoms with Crippen molar-refractivity contribution in [3.05, 3.63) is 52.1 Å². The van der Waals surface area contributed by atoms with Gasteiger partial charge in [-0.15, -0.1) is 0 Å². The Balaban J connectivity index is 1.50. The van der Waals surface area contributed by atoms with Crippen molar-refractivity contribution < 1.29 is 9.90 Å². The number of thiazole rings is 1. The van der Waals surface area contributed by atoms with Crippen LogP contribution in [-0.4, -0.2) is 46.5 Å². The molecular weight excluding hydrogens is 486 g/mol. The number of amides is 1. The number of hydrogen-bond acceptors (Lipinski definition) is 8. The van der Waals surface area contributed by atoms with Gasteiger partial charge in [-0.3, -0.25) is 9.78 Å². The molecule has 1 amide bonds. The number of hydrogen-bond donors (Lipinski definition) is 2. The van der Waals surface area contributed by atoms with Gasteiger partial charge in [0, 0.05) is 24.5 Å². The van der Waals surface area contributed by atoms with Crippen LogP contribution in [-0.2, 0) is 0 Å². The van der Waals surface area contributed by atoms with E-state index in [9.17, 15) is 9.90 Å². The van der Waals surface area contributed by atoms with Gasteiger partial charge in [0.2, 0.25) is 0 Å². The van der Waals surface area contributed by atoms with E-state index in [2.05, 4.69) is 29.8 Å². The van der Waals surface area contributed by atoms with Gasteiger partial charge in [-0.05, 0) is 43.7 Å². The van der Waals surface area contributed by atoms with Crippen LogP contribution in [0.25, 0.3) is 22.6 Å². The van der Waals surface area contributed by atoms with Crippen LogP contribution in [0.1, 0.15) is 67.3 Å². The second-order valence-electron chi connectivity index (χ2n) is 9.12. The van der Waals surface area contributed by atoms with E-state index in [0.717, 1.165) is 24.8 Å². The number of carbonyl (C=O) groups is 1. The van der Waals surface area contributed by atoms with Gasteiger partial charge < -0.3 is 15.0 Å². The van der Waals surface area contributed by atoms with E-state index in [-0.39, 0.29) is 23.9 Å². The van der Waals surface area contributed by atoms with E-state index in [1.165, 1.54) is 17.5 Å². The Morgan fingerprint density at radius 3 is 2.71 bits per heavy atom. The molecule has 1 saturated carbocycles. The quantitative estimate of drug-likeness (QED) is 0.388. The summed E-state index contributed by atoms with van der Waals surface area (Å²) in [6.45, 7) is 3.94. The molecule has 1 aliphatic carbocycles. The number of rotatable bonds is 6. The molecule has 2 N–H and O–H groups in total. The first-order valence-electron chi connectivity index (χ1n) is 11.7. The van der Waals surface area contributed by atoms with Crippen LogP contribution in [0.4, 0.5) is 0 Å². The summed E-state index contributed by atoms with van der Waals surface area (Å²) in [6.07, 6.45) is 9.28. The predicted octanol–water partition coefficient (Wildman–Crippen LogP) is 4.60. The molecule has 4 heterocycles. The van der Waals surface area contributed by atoms with Gasteiger partial charge in [-0.25, -0.2) is 19.9 Å². The zero-order valence-corrected chi connectivity index (χ0v) is 21.0. The minimum Gasteiger partial charge on any atom is -0.385 e. The molecule has 3 atom stereocenters. The SMILES string of the molecule is CC(C)[C@@H](O)c1nc2cnc(-c3ncccn3)cc2n1[C@@H]1CCC[C@H](NC(=O)c2ncc(Cl)s2)C1. The van der Waals surface area contributed by atoms with Crippen molar-refractivity contribution in [2.45, 2.75) is 57.7 Å². The summed E-state index contributed by atoms with van der Waals surface area (Å²) in [5.41, 5.74) is 2.23. The Kier molecular flexibility index (Phi) is 6.77. The van der Waals surface area contributed by atoms with Gasteiger partial charge in [0.15, 0.2) is 10.8 Å². The van der Waals surface area contributed by atoms with E-state index in [1.807, 2.05) is 19.9 Å². The number of aliphatic hydroxyl groups excluding tert-OH is 1. The lowest BCUT2D eigenvalue weighted by atomic mass is 9.90. The molecule has 0 bridgehead atoms. The zero-order chi connectivity index (χ0) is 24.5. The molecular formula is C24H26ClN7O2S. The molecule has 0 aliphatic heterocycles. The van der Waals surface area contributed by atoms with E-state index in [0.29, 0.717) is 38.6 Å². The number of fused-ring (bicyclic) bond motifs is 1. The van der Waals surface area contributed by atoms with Crippen molar-refractivity contribution >= 4 is 39.9 Å². The average molecular weight is 512 g/mol. The molecule has 35 heavy (non-hydrogen) atoms. The van der Waals surface area contributed by atoms with E-state index >= 15 is 0 Å². The second kappa shape index (κ2) is 9.96. The Morgan fingerprint density at radius 2 is 2.00 bits per heavy atom. The number of aliphatic hydroxyl groups is 1. The topological polar surface area (TPSA) is 119 Å². The molecule has 0 spiro atoms. The van der Waals surface area contributed by atoms with Gasteiger partial charge in [0.1, 0.15) is 27.5 Å². The lowest BCUT2D eigenvalue weighted by Crippen LogP contribution is -2.39. The lowest BCUT2D eigenvalue weighted by Gasteiger charge is -2.32. The molecule has 5 rings (SSSR count). The zero-order valence-electron chi connectivity index (χ0n) is 19.4. The third-order valence-electron chi connectivity index (χ3n) is 6.31. The van der Waals surface area contributed by atoms with Crippen LogP contribution in [0, 0.1) is 5.92 Å². The van der Waals surface area contributed by atoms with Crippen molar-refractivity contribution in [2.24, 2.45) is 5.92 Å². The number of halogens is 1. The van der Waals surface area contributed by atoms with Crippen LogP contribution in [0.2, 0.25) is 4.34 Å². The summed E-state index contributed by atoms with van der Waals surface area (Å²) < 4.78 is 2.62. The lowest BCUT2D eigenvalue weighted by molar-refractivity contribution is 0.0912. The average Bonchev–Trinajstić information content (AvgIpc) is 3.47. The van der Waals surface area contributed by atoms with Gasteiger partial charge >= 0.3 is 0 Å². The molecule has 0 saturated heterocycles. The largest absolute Gasteiger partial charge is 0.385 e. The smallest absolute Gasteiger partial charge is 0.280 e. The number of nitrogens with zero attached hydrogens (tertiary/aromatic N) is 6. The fraction of sp³-hybridized carbons (Fsp3) is 0.417. The highest BCUT2D eigenvalue weighted by Crippen LogP contribution is 2.36. The van der Waals surface area contributed by atoms with E-state index in [1.54, 1.807) is 24.7 Å². The van der Waals surface area contributed by atoms with Gasteiger partial charge in [0.25, 0.3) is 5.91 Å². The maximum absolute atomic E-state index is 12.7. The van der Waals surface area contributed by atoms with Gasteiger partial charge in [0.05, 0.1) is 17.9 Å². The first-order chi connectivity index (χ1) is 16.9. The summed E-state index contributed by atoms with van der Waals surface area (Å²) in [5, 5.41) is 14.5. The number of nitrogens with one attached hydrogen (secondary N) is 1. The first kappa shape index (κ1) is 23.8. The highest BCUT2D eigenvalue weighted by Gasteiger charge is 2.31. The molecule has 0 aromatic carbocycles. The predicted molar refractivity (Wildman–Crippen MR) is 134 cm³/mol.